The molecule has 0 atom stereocenters. The predicted molar refractivity (Wildman–Crippen MR) is 83.3 cm³/mol. The lowest BCUT2D eigenvalue weighted by atomic mass is 10.2. The Morgan fingerprint density at radius 3 is 2.72 bits per heavy atom. The molecule has 1 aromatic carbocycles. The lowest BCUT2D eigenvalue weighted by Gasteiger charge is -2.30. The number of aliphatic carboxylic acids is 1. The maximum Gasteiger partial charge on any atom is 0.323 e. The van der Waals surface area contributed by atoms with Crippen LogP contribution in [-0.2, 0) is 14.4 Å². The molecule has 2 amide bonds. The van der Waals surface area contributed by atoms with Gasteiger partial charge in [0.2, 0.25) is 5.91 Å². The fourth-order valence-electron chi connectivity index (χ4n) is 2.66. The summed E-state index contributed by atoms with van der Waals surface area (Å²) in [5, 5.41) is 19.9. The normalized spacial score (nSPS) is 16.0. The van der Waals surface area contributed by atoms with E-state index in [4.69, 9.17) is 9.84 Å². The Hall–Kier alpha value is -3.17. The van der Waals surface area contributed by atoms with Crippen LogP contribution in [0.15, 0.2) is 18.2 Å². The summed E-state index contributed by atoms with van der Waals surface area (Å²) in [5.41, 5.74) is -0.107. The second-order valence-electron chi connectivity index (χ2n) is 5.82. The summed E-state index contributed by atoms with van der Waals surface area (Å²) in [7, 11) is 0. The zero-order chi connectivity index (χ0) is 18.1. The number of anilines is 1. The zero-order valence-electron chi connectivity index (χ0n) is 13.1. The number of hydrogen-bond donors (Lipinski definition) is 1. The molecule has 1 fully saturated rings. The highest BCUT2D eigenvalue weighted by molar-refractivity contribution is 6.02. The van der Waals surface area contributed by atoms with E-state index in [9.17, 15) is 24.5 Å². The quantitative estimate of drug-likeness (QED) is 0.581. The van der Waals surface area contributed by atoms with E-state index in [0.29, 0.717) is 0 Å². The molecule has 0 spiro atoms. The maximum absolute atomic E-state index is 12.5. The molecule has 0 saturated heterocycles. The summed E-state index contributed by atoms with van der Waals surface area (Å²) in [4.78, 5) is 48.3. The number of nitro groups is 1. The Labute approximate surface area is 141 Å². The number of benzene rings is 1. The summed E-state index contributed by atoms with van der Waals surface area (Å²) >= 11 is 0. The molecule has 2 aliphatic rings. The number of non-ortho nitro benzene ring substituents is 1. The molecular weight excluding hydrogens is 334 g/mol. The van der Waals surface area contributed by atoms with E-state index >= 15 is 0 Å². The predicted octanol–water partition coefficient (Wildman–Crippen LogP) is 0.396. The maximum atomic E-state index is 12.5. The Balaban J connectivity index is 1.85. The van der Waals surface area contributed by atoms with Gasteiger partial charge in [0, 0.05) is 18.2 Å². The van der Waals surface area contributed by atoms with Crippen molar-refractivity contribution in [3.63, 3.8) is 0 Å². The SMILES string of the molecule is O=C(O)CN(C(=O)CN1C(=O)COc2ccc([N+](=O)[O-])cc21)C1CC1. The molecule has 25 heavy (non-hydrogen) atoms. The Morgan fingerprint density at radius 2 is 2.12 bits per heavy atom. The fourth-order valence-corrected chi connectivity index (χ4v) is 2.66. The minimum Gasteiger partial charge on any atom is -0.482 e. The van der Waals surface area contributed by atoms with Gasteiger partial charge in [-0.25, -0.2) is 0 Å². The van der Waals surface area contributed by atoms with E-state index in [1.165, 1.54) is 23.1 Å². The molecule has 0 aromatic heterocycles. The van der Waals surface area contributed by atoms with Crippen LogP contribution < -0.4 is 9.64 Å². The summed E-state index contributed by atoms with van der Waals surface area (Å²) in [5.74, 6) is -1.91. The van der Waals surface area contributed by atoms with Gasteiger partial charge in [-0.3, -0.25) is 29.4 Å². The average molecular weight is 349 g/mol. The molecule has 0 unspecified atom stereocenters. The monoisotopic (exact) mass is 349 g/mol. The molecule has 1 saturated carbocycles. The Morgan fingerprint density at radius 1 is 1.40 bits per heavy atom. The first-order valence-corrected chi connectivity index (χ1v) is 7.59. The first-order chi connectivity index (χ1) is 11.9. The highest BCUT2D eigenvalue weighted by Crippen LogP contribution is 2.35. The lowest BCUT2D eigenvalue weighted by Crippen LogP contribution is -2.48. The van der Waals surface area contributed by atoms with Gasteiger partial charge in [0.15, 0.2) is 6.61 Å². The van der Waals surface area contributed by atoms with Gasteiger partial charge < -0.3 is 14.7 Å². The van der Waals surface area contributed by atoms with Gasteiger partial charge in [-0.15, -0.1) is 0 Å². The summed E-state index contributed by atoms with van der Waals surface area (Å²) < 4.78 is 5.23. The van der Waals surface area contributed by atoms with Gasteiger partial charge in [-0.05, 0) is 18.9 Å². The van der Waals surface area contributed by atoms with E-state index in [1.54, 1.807) is 0 Å². The minimum absolute atomic E-state index is 0.130. The molecule has 132 valence electrons. The van der Waals surface area contributed by atoms with Crippen LogP contribution in [0.2, 0.25) is 0 Å². The van der Waals surface area contributed by atoms with Gasteiger partial charge in [0.1, 0.15) is 18.8 Å². The fraction of sp³-hybridized carbons (Fsp3) is 0.400. The van der Waals surface area contributed by atoms with Crippen molar-refractivity contribution in [3.05, 3.63) is 28.3 Å². The summed E-state index contributed by atoms with van der Waals surface area (Å²) in [6.45, 7) is -1.12. The number of ether oxygens (including phenoxy) is 1. The lowest BCUT2D eigenvalue weighted by molar-refractivity contribution is -0.384. The molecular formula is C15H15N3O7. The van der Waals surface area contributed by atoms with Gasteiger partial charge in [0.25, 0.3) is 11.6 Å². The van der Waals surface area contributed by atoms with Crippen LogP contribution in [0.3, 0.4) is 0 Å². The second kappa shape index (κ2) is 6.38. The summed E-state index contributed by atoms with van der Waals surface area (Å²) in [6, 6.07) is 3.64. The molecule has 1 aliphatic carbocycles. The van der Waals surface area contributed by atoms with Gasteiger partial charge in [0.05, 0.1) is 10.6 Å². The Bertz CT molecular complexity index is 759. The van der Waals surface area contributed by atoms with Crippen LogP contribution in [0, 0.1) is 10.1 Å². The zero-order valence-corrected chi connectivity index (χ0v) is 13.1. The average Bonchev–Trinajstić information content (AvgIpc) is 3.39. The van der Waals surface area contributed by atoms with Crippen molar-refractivity contribution < 1.29 is 29.2 Å². The van der Waals surface area contributed by atoms with E-state index in [-0.39, 0.29) is 36.3 Å². The smallest absolute Gasteiger partial charge is 0.323 e. The van der Waals surface area contributed by atoms with Crippen LogP contribution in [0.4, 0.5) is 11.4 Å². The van der Waals surface area contributed by atoms with Crippen molar-refractivity contribution in [1.29, 1.82) is 0 Å². The number of nitro benzene ring substituents is 1. The molecule has 1 aliphatic heterocycles. The number of carbonyl (C=O) groups excluding carboxylic acids is 2. The molecule has 10 nitrogen and oxygen atoms in total. The molecule has 10 heteroatoms. The van der Waals surface area contributed by atoms with E-state index in [0.717, 1.165) is 17.7 Å². The standard InChI is InChI=1S/C15H15N3O7/c19-13(16(7-15(21)22)9-1-2-9)6-17-11-5-10(18(23)24)3-4-12(11)25-8-14(17)20/h3-5,9H,1-2,6-8H2,(H,21,22). The minimum atomic E-state index is -1.13. The number of hydrogen-bond acceptors (Lipinski definition) is 6. The topological polar surface area (TPSA) is 130 Å². The third-order valence-electron chi connectivity index (χ3n) is 4.00. The number of rotatable bonds is 6. The largest absolute Gasteiger partial charge is 0.482 e. The first-order valence-electron chi connectivity index (χ1n) is 7.59. The van der Waals surface area contributed by atoms with E-state index in [2.05, 4.69) is 0 Å². The highest BCUT2D eigenvalue weighted by Gasteiger charge is 2.36. The van der Waals surface area contributed by atoms with Crippen molar-refractivity contribution in [1.82, 2.24) is 4.90 Å². The number of carboxylic acids is 1. The van der Waals surface area contributed by atoms with E-state index in [1.807, 2.05) is 0 Å². The van der Waals surface area contributed by atoms with Crippen LogP contribution in [0.5, 0.6) is 5.75 Å². The molecule has 1 N–H and O–H groups in total. The third-order valence-corrected chi connectivity index (χ3v) is 4.00. The molecule has 0 bridgehead atoms. The molecule has 3 rings (SSSR count). The number of nitrogens with zero attached hydrogens (tertiary/aromatic N) is 3. The van der Waals surface area contributed by atoms with Crippen LogP contribution in [0.1, 0.15) is 12.8 Å². The van der Waals surface area contributed by atoms with E-state index < -0.39 is 29.3 Å². The number of fused-ring (bicyclic) bond motifs is 1. The summed E-state index contributed by atoms with van der Waals surface area (Å²) in [6.07, 6.45) is 1.44. The van der Waals surface area contributed by atoms with Crippen molar-refractivity contribution in [2.45, 2.75) is 18.9 Å². The number of carbonyl (C=O) groups is 3. The molecule has 1 heterocycles. The van der Waals surface area contributed by atoms with Crippen LogP contribution in [-0.4, -0.2) is 58.5 Å². The van der Waals surface area contributed by atoms with Crippen molar-refractivity contribution >= 4 is 29.2 Å². The highest BCUT2D eigenvalue weighted by atomic mass is 16.6. The Kier molecular flexibility index (Phi) is 4.26. The van der Waals surface area contributed by atoms with Crippen molar-refractivity contribution in [2.75, 3.05) is 24.6 Å². The number of carboxylic acid groups (broad SMARTS) is 1. The number of amides is 2. The molecule has 0 radical (unpaired) electrons. The van der Waals surface area contributed by atoms with Gasteiger partial charge >= 0.3 is 5.97 Å². The molecule has 1 aromatic rings. The third kappa shape index (κ3) is 3.52. The van der Waals surface area contributed by atoms with Gasteiger partial charge in [-0.1, -0.05) is 0 Å². The van der Waals surface area contributed by atoms with Crippen molar-refractivity contribution in [2.24, 2.45) is 0 Å². The van der Waals surface area contributed by atoms with Crippen LogP contribution in [0.25, 0.3) is 0 Å². The first kappa shape index (κ1) is 16.7. The van der Waals surface area contributed by atoms with Crippen LogP contribution >= 0.6 is 0 Å². The second-order valence-corrected chi connectivity index (χ2v) is 5.82. The van der Waals surface area contributed by atoms with Crippen molar-refractivity contribution in [3.8, 4) is 5.75 Å². The van der Waals surface area contributed by atoms with Gasteiger partial charge in [-0.2, -0.15) is 0 Å².